The summed E-state index contributed by atoms with van der Waals surface area (Å²) >= 11 is 0. The number of amides is 1. The second kappa shape index (κ2) is 9.29. The van der Waals surface area contributed by atoms with E-state index in [2.05, 4.69) is 11.4 Å². The minimum absolute atomic E-state index is 0.348. The highest BCUT2D eigenvalue weighted by molar-refractivity contribution is 6.62. The van der Waals surface area contributed by atoms with Gasteiger partial charge < -0.3 is 25.1 Å². The number of ether oxygens (including phenoxy) is 1. The van der Waals surface area contributed by atoms with Crippen LogP contribution in [0.2, 0.25) is 0 Å². The number of carbonyl (C=O) groups excluding carboxylic acids is 1. The van der Waals surface area contributed by atoms with Gasteiger partial charge in [0.15, 0.2) is 0 Å². The molecule has 3 N–H and O–H groups in total. The summed E-state index contributed by atoms with van der Waals surface area (Å²) in [6.07, 6.45) is 0.738. The van der Waals surface area contributed by atoms with Crippen molar-refractivity contribution in [2.24, 2.45) is 5.73 Å². The van der Waals surface area contributed by atoms with Gasteiger partial charge in [-0.05, 0) is 87.6 Å². The standard InChI is InChI=1S/C30H31BN4O4/c1-29(2)30(3,4)39-31(38-29)21-13-10-19-16-17-35-28(33-24(19)18-21)25(27(32)36)26(34-35)20-11-14-23(15-12-20)37-22-8-6-5-7-9-22/h5-15,18,33H,16-17H2,1-4H3,(H2,32,36). The van der Waals surface area contributed by atoms with Crippen LogP contribution in [0.3, 0.4) is 0 Å². The Morgan fingerprint density at radius 2 is 1.64 bits per heavy atom. The quantitative estimate of drug-likeness (QED) is 0.356. The van der Waals surface area contributed by atoms with Crippen LogP contribution in [0.25, 0.3) is 11.3 Å². The van der Waals surface area contributed by atoms with Gasteiger partial charge in [0.05, 0.1) is 11.2 Å². The number of nitrogens with one attached hydrogen (secondary N) is 1. The molecule has 0 unspecified atom stereocenters. The number of hydrogen-bond acceptors (Lipinski definition) is 6. The van der Waals surface area contributed by atoms with Crippen molar-refractivity contribution in [1.82, 2.24) is 9.78 Å². The Morgan fingerprint density at radius 3 is 2.31 bits per heavy atom. The molecule has 0 aliphatic carbocycles. The molecule has 0 radical (unpaired) electrons. The number of aromatic nitrogens is 2. The number of nitrogens with two attached hydrogens (primary N) is 1. The molecule has 6 rings (SSSR count). The van der Waals surface area contributed by atoms with Crippen molar-refractivity contribution in [3.05, 3.63) is 83.9 Å². The number of anilines is 2. The summed E-state index contributed by atoms with van der Waals surface area (Å²) in [5.41, 5.74) is 9.59. The van der Waals surface area contributed by atoms with Gasteiger partial charge in [-0.25, -0.2) is 4.68 Å². The lowest BCUT2D eigenvalue weighted by Gasteiger charge is -2.32. The Bertz CT molecular complexity index is 1530. The molecule has 39 heavy (non-hydrogen) atoms. The average Bonchev–Trinajstić information content (AvgIpc) is 3.29. The second-order valence-corrected chi connectivity index (χ2v) is 11.0. The fourth-order valence-corrected chi connectivity index (χ4v) is 4.90. The zero-order chi connectivity index (χ0) is 27.4. The van der Waals surface area contributed by atoms with Crippen LogP contribution in [0, 0.1) is 0 Å². The Hall–Kier alpha value is -4.08. The number of para-hydroxylation sites is 1. The van der Waals surface area contributed by atoms with E-state index in [4.69, 9.17) is 24.9 Å². The lowest BCUT2D eigenvalue weighted by Crippen LogP contribution is -2.41. The third-order valence-electron chi connectivity index (χ3n) is 7.81. The maximum atomic E-state index is 12.7. The molecule has 198 valence electrons. The zero-order valence-electron chi connectivity index (χ0n) is 22.5. The minimum Gasteiger partial charge on any atom is -0.457 e. The van der Waals surface area contributed by atoms with Crippen LogP contribution in [-0.2, 0) is 22.3 Å². The number of primary amides is 1. The molecule has 0 atom stereocenters. The summed E-state index contributed by atoms with van der Waals surface area (Å²) in [4.78, 5) is 12.7. The molecule has 3 aromatic carbocycles. The predicted octanol–water partition coefficient (Wildman–Crippen LogP) is 5.04. The first-order valence-corrected chi connectivity index (χ1v) is 13.1. The van der Waals surface area contributed by atoms with Gasteiger partial charge >= 0.3 is 7.12 Å². The normalized spacial score (nSPS) is 17.1. The highest BCUT2D eigenvalue weighted by Crippen LogP contribution is 2.38. The monoisotopic (exact) mass is 522 g/mol. The smallest absolute Gasteiger partial charge is 0.457 e. The van der Waals surface area contributed by atoms with Crippen molar-refractivity contribution >= 4 is 30.0 Å². The topological polar surface area (TPSA) is 101 Å². The van der Waals surface area contributed by atoms with E-state index in [1.165, 1.54) is 0 Å². The van der Waals surface area contributed by atoms with E-state index >= 15 is 0 Å². The van der Waals surface area contributed by atoms with Crippen LogP contribution in [0.1, 0.15) is 43.6 Å². The maximum absolute atomic E-state index is 12.7. The van der Waals surface area contributed by atoms with E-state index in [1.54, 1.807) is 0 Å². The van der Waals surface area contributed by atoms with E-state index < -0.39 is 24.2 Å². The molecule has 9 heteroatoms. The first kappa shape index (κ1) is 25.2. The average molecular weight is 522 g/mol. The molecule has 1 fully saturated rings. The molecular formula is C30H31BN4O4. The SMILES string of the molecule is CC1(C)OB(c2ccc3c(c2)Nc2c(C(N)=O)c(-c4ccc(Oc5ccccc5)cc4)nn2CC3)OC1(C)C. The highest BCUT2D eigenvalue weighted by Gasteiger charge is 2.51. The van der Waals surface area contributed by atoms with Crippen molar-refractivity contribution in [1.29, 1.82) is 0 Å². The van der Waals surface area contributed by atoms with Crippen LogP contribution in [0.5, 0.6) is 11.5 Å². The summed E-state index contributed by atoms with van der Waals surface area (Å²) in [6.45, 7) is 8.74. The van der Waals surface area contributed by atoms with Crippen LogP contribution in [0.4, 0.5) is 11.5 Å². The van der Waals surface area contributed by atoms with Gasteiger partial charge in [0.25, 0.3) is 5.91 Å². The Balaban J connectivity index is 1.31. The molecule has 2 aliphatic heterocycles. The van der Waals surface area contributed by atoms with Crippen LogP contribution >= 0.6 is 0 Å². The van der Waals surface area contributed by atoms with E-state index in [9.17, 15) is 4.79 Å². The van der Waals surface area contributed by atoms with Crippen LogP contribution < -0.4 is 21.3 Å². The lowest BCUT2D eigenvalue weighted by molar-refractivity contribution is 0.00578. The molecule has 8 nitrogen and oxygen atoms in total. The third kappa shape index (κ3) is 4.58. The van der Waals surface area contributed by atoms with Gasteiger partial charge in [-0.3, -0.25) is 4.79 Å². The molecule has 3 heterocycles. The Labute approximate surface area is 228 Å². The molecule has 1 amide bonds. The van der Waals surface area contributed by atoms with Crippen molar-refractivity contribution in [3.8, 4) is 22.8 Å². The number of nitrogens with zero attached hydrogens (tertiary/aromatic N) is 2. The molecule has 1 aromatic heterocycles. The number of fused-ring (bicyclic) bond motifs is 2. The Kier molecular flexibility index (Phi) is 6.01. The number of hydrogen-bond donors (Lipinski definition) is 2. The fraction of sp³-hybridized carbons (Fsp3) is 0.267. The van der Waals surface area contributed by atoms with Crippen LogP contribution in [0.15, 0.2) is 72.8 Å². The van der Waals surface area contributed by atoms with Gasteiger partial charge in [-0.2, -0.15) is 5.10 Å². The van der Waals surface area contributed by atoms with E-state index in [-0.39, 0.29) is 0 Å². The van der Waals surface area contributed by atoms with Gasteiger partial charge in [0.1, 0.15) is 28.6 Å². The molecule has 0 spiro atoms. The number of carbonyl (C=O) groups is 1. The molecule has 2 aliphatic rings. The largest absolute Gasteiger partial charge is 0.494 e. The second-order valence-electron chi connectivity index (χ2n) is 11.0. The minimum atomic E-state index is -0.547. The summed E-state index contributed by atoms with van der Waals surface area (Å²) in [5, 5.41) is 8.26. The number of aryl methyl sites for hydroxylation is 2. The maximum Gasteiger partial charge on any atom is 0.494 e. The van der Waals surface area contributed by atoms with Crippen molar-refractivity contribution in [2.45, 2.75) is 51.9 Å². The van der Waals surface area contributed by atoms with Crippen LogP contribution in [-0.4, -0.2) is 34.0 Å². The first-order chi connectivity index (χ1) is 18.6. The van der Waals surface area contributed by atoms with Gasteiger partial charge in [0.2, 0.25) is 0 Å². The highest BCUT2D eigenvalue weighted by atomic mass is 16.7. The van der Waals surface area contributed by atoms with Crippen molar-refractivity contribution < 1.29 is 18.8 Å². The zero-order valence-corrected chi connectivity index (χ0v) is 22.5. The molecule has 4 aromatic rings. The summed E-state index contributed by atoms with van der Waals surface area (Å²) in [5.74, 6) is 1.47. The summed E-state index contributed by atoms with van der Waals surface area (Å²) < 4.78 is 20.3. The first-order valence-electron chi connectivity index (χ1n) is 13.1. The molecular weight excluding hydrogens is 491 g/mol. The van der Waals surface area contributed by atoms with Gasteiger partial charge in [-0.1, -0.05) is 30.3 Å². The summed E-state index contributed by atoms with van der Waals surface area (Å²) in [7, 11) is -0.488. The van der Waals surface area contributed by atoms with E-state index in [0.717, 1.165) is 34.4 Å². The van der Waals surface area contributed by atoms with E-state index in [0.29, 0.717) is 29.4 Å². The van der Waals surface area contributed by atoms with Gasteiger partial charge in [0, 0.05) is 17.8 Å². The third-order valence-corrected chi connectivity index (χ3v) is 7.81. The molecule has 0 bridgehead atoms. The number of benzene rings is 3. The summed E-state index contributed by atoms with van der Waals surface area (Å²) in [6, 6.07) is 23.2. The number of rotatable bonds is 5. The van der Waals surface area contributed by atoms with Gasteiger partial charge in [-0.15, -0.1) is 0 Å². The van der Waals surface area contributed by atoms with E-state index in [1.807, 2.05) is 99.1 Å². The predicted molar refractivity (Wildman–Crippen MR) is 152 cm³/mol. The Morgan fingerprint density at radius 1 is 0.974 bits per heavy atom. The molecule has 0 saturated carbocycles. The van der Waals surface area contributed by atoms with Crippen molar-refractivity contribution in [2.75, 3.05) is 5.32 Å². The molecule has 1 saturated heterocycles. The fourth-order valence-electron chi connectivity index (χ4n) is 4.90. The lowest BCUT2D eigenvalue weighted by atomic mass is 9.78. The van der Waals surface area contributed by atoms with Crippen molar-refractivity contribution in [3.63, 3.8) is 0 Å².